The zero-order valence-corrected chi connectivity index (χ0v) is 52.0. The summed E-state index contributed by atoms with van der Waals surface area (Å²) in [6.45, 7) is 28.1. The third kappa shape index (κ3) is 10.4. The first-order valence-corrected chi connectivity index (χ1v) is 29.3. The summed E-state index contributed by atoms with van der Waals surface area (Å²) in [5.41, 5.74) is 23.0. The summed E-state index contributed by atoms with van der Waals surface area (Å²) < 4.78 is 17.5. The van der Waals surface area contributed by atoms with Crippen LogP contribution >= 0.6 is 0 Å². The van der Waals surface area contributed by atoms with Gasteiger partial charge in [0.2, 0.25) is 0 Å². The van der Waals surface area contributed by atoms with E-state index in [-0.39, 0.29) is 18.3 Å². The SMILES string of the molecule is C.CC(C)Cc1cc[n+](C)c(-c2c3c([nH][n+]2C)C2(C)CCC3C2(C)C)c1.C[n+]1ccccc1-c1c2c([nH][n+]1C)C1(C)CCC2C1(C)C.Cc1cc(-c2cccc[n+]2C)[n+](C)[nH]1.Cc1cc[n+](C)c(-c2cc(CC(C)C)cc[n+]2C)c1. The van der Waals surface area contributed by atoms with E-state index >= 15 is 0 Å². The van der Waals surface area contributed by atoms with E-state index in [9.17, 15) is 0 Å². The number of aromatic amines is 3. The van der Waals surface area contributed by atoms with Crippen LogP contribution in [0.4, 0.5) is 0 Å². The topological polar surface area (TPSA) is 78.4 Å². The number of rotatable bonds is 8. The lowest BCUT2D eigenvalue weighted by atomic mass is 9.70. The number of fused-ring (bicyclic) bond motifs is 10. The van der Waals surface area contributed by atoms with Crippen molar-refractivity contribution in [2.24, 2.45) is 79.0 Å². The molecule has 4 unspecified atom stereocenters. The molecular weight excluding hydrogens is 983 g/mol. The van der Waals surface area contributed by atoms with Crippen molar-refractivity contribution < 1.29 is 36.9 Å². The van der Waals surface area contributed by atoms with Gasteiger partial charge in [0.1, 0.15) is 35.2 Å². The van der Waals surface area contributed by atoms with Crippen molar-refractivity contribution in [3.63, 3.8) is 0 Å². The Morgan fingerprint density at radius 3 is 1.31 bits per heavy atom. The van der Waals surface area contributed by atoms with Crippen molar-refractivity contribution in [3.05, 3.63) is 155 Å². The first-order chi connectivity index (χ1) is 37.2. The molecule has 4 atom stereocenters. The molecule has 80 heavy (non-hydrogen) atoms. The van der Waals surface area contributed by atoms with E-state index in [1.54, 1.807) is 11.1 Å². The minimum absolute atomic E-state index is 0. The molecule has 12 rings (SSSR count). The molecule has 11 nitrogen and oxygen atoms in total. The Kier molecular flexibility index (Phi) is 16.6. The predicted molar refractivity (Wildman–Crippen MR) is 319 cm³/mol. The minimum atomic E-state index is 0. The van der Waals surface area contributed by atoms with Crippen LogP contribution in [0.2, 0.25) is 0 Å². The van der Waals surface area contributed by atoms with Crippen molar-refractivity contribution in [2.75, 3.05) is 0 Å². The Hall–Kier alpha value is -6.62. The largest absolute Gasteiger partial charge is 0.305 e. The predicted octanol–water partition coefficient (Wildman–Crippen LogP) is 9.99. The third-order valence-electron chi connectivity index (χ3n) is 19.7. The number of nitrogens with one attached hydrogen (secondary N) is 3. The van der Waals surface area contributed by atoms with E-state index < -0.39 is 0 Å². The standard InChI is InChI=1S/C22H32N3.C18H24N3.C17H24N2.C11H14N3.CH4/c1-14(2)12-15-9-11-24(6)17(13-15)19-18-16-8-10-22(5,21(16,3)4)20(18)23-25(19)7;1-17(2)12-9-10-18(17,3)16-14(12)15(21(5)19-16)13-8-6-7-11-20(13)4;1-13(2)10-15-7-9-19(5)17(12-15)16-11-14(3)6-8-18(16)4;1-9-8-11(14(3)12-9)10-6-4-5-7-13(10)2;/h9,11,13-14,16H,8,10,12H2,1-7H3;6-8,11-12H,9-10H2,1-5H3;6-9,11-13H,10H2,1-5H3;4-8H,1-3H3;1H4/q2*+1;+2;+1;/p+3. The fourth-order valence-electron chi connectivity index (χ4n) is 14.5. The van der Waals surface area contributed by atoms with E-state index in [2.05, 4.69) is 284 Å². The summed E-state index contributed by atoms with van der Waals surface area (Å²) in [7, 11) is 16.9. The van der Waals surface area contributed by atoms with Crippen LogP contribution in [0.3, 0.4) is 0 Å². The fraction of sp³-hybridized carbons (Fsp3) is 0.507. The van der Waals surface area contributed by atoms with Gasteiger partial charge in [-0.3, -0.25) is 0 Å². The maximum absolute atomic E-state index is 3.74. The summed E-state index contributed by atoms with van der Waals surface area (Å²) in [4.78, 5) is 0. The van der Waals surface area contributed by atoms with Crippen LogP contribution in [0.5, 0.6) is 0 Å². The van der Waals surface area contributed by atoms with Gasteiger partial charge >= 0.3 is 17.1 Å². The quantitative estimate of drug-likeness (QED) is 0.127. The monoisotopic (exact) mass is 1080 g/mol. The average Bonchev–Trinajstić information content (AvgIpc) is 4.40. The molecule has 2 saturated carbocycles. The summed E-state index contributed by atoms with van der Waals surface area (Å²) >= 11 is 0. The molecule has 0 radical (unpaired) electrons. The molecule has 4 aliphatic rings. The van der Waals surface area contributed by atoms with Crippen molar-refractivity contribution in [1.82, 2.24) is 15.3 Å². The first-order valence-electron chi connectivity index (χ1n) is 29.3. The summed E-state index contributed by atoms with van der Waals surface area (Å²) in [5, 5.41) is 10.7. The number of hydrogen-bond acceptors (Lipinski definition) is 0. The van der Waals surface area contributed by atoms with Crippen LogP contribution in [0.1, 0.15) is 159 Å². The molecule has 424 valence electrons. The minimum Gasteiger partial charge on any atom is -0.196 e. The normalized spacial score (nSPS) is 20.3. The summed E-state index contributed by atoms with van der Waals surface area (Å²) in [6.07, 6.45) is 18.2. The van der Waals surface area contributed by atoms with Crippen LogP contribution in [-0.4, -0.2) is 15.3 Å². The summed E-state index contributed by atoms with van der Waals surface area (Å²) in [6, 6.07) is 28.4. The highest BCUT2D eigenvalue weighted by Gasteiger charge is 2.65. The van der Waals surface area contributed by atoms with E-state index in [4.69, 9.17) is 0 Å². The van der Waals surface area contributed by atoms with E-state index in [0.29, 0.717) is 34.5 Å². The van der Waals surface area contributed by atoms with Gasteiger partial charge in [0.25, 0.3) is 28.5 Å². The van der Waals surface area contributed by atoms with Crippen LogP contribution in [0, 0.1) is 36.5 Å². The number of pyridine rings is 5. The number of aromatic nitrogens is 11. The van der Waals surface area contributed by atoms with Crippen LogP contribution in [0.15, 0.2) is 110 Å². The van der Waals surface area contributed by atoms with Gasteiger partial charge < -0.3 is 0 Å². The second kappa shape index (κ2) is 22.4. The molecule has 0 saturated heterocycles. The van der Waals surface area contributed by atoms with Gasteiger partial charge in [-0.25, -0.2) is 0 Å². The van der Waals surface area contributed by atoms with Gasteiger partial charge in [0.05, 0.1) is 28.2 Å². The lowest BCUT2D eigenvalue weighted by molar-refractivity contribution is -0.729. The molecule has 0 aliphatic heterocycles. The molecule has 4 aliphatic carbocycles. The molecule has 2 fully saturated rings. The highest BCUT2D eigenvalue weighted by atomic mass is 15.3. The van der Waals surface area contributed by atoms with Crippen molar-refractivity contribution in [1.29, 1.82) is 0 Å². The Bertz CT molecular complexity index is 3550. The van der Waals surface area contributed by atoms with E-state index in [0.717, 1.165) is 12.8 Å². The highest BCUT2D eigenvalue weighted by molar-refractivity contribution is 5.63. The maximum atomic E-state index is 3.74. The third-order valence-corrected chi connectivity index (χ3v) is 19.7. The second-order valence-electron chi connectivity index (χ2n) is 26.6. The van der Waals surface area contributed by atoms with Crippen molar-refractivity contribution in [2.45, 2.75) is 152 Å². The van der Waals surface area contributed by atoms with Gasteiger partial charge in [0.15, 0.2) is 52.1 Å². The fourth-order valence-corrected chi connectivity index (χ4v) is 14.5. The Morgan fingerprint density at radius 1 is 0.450 bits per heavy atom. The van der Waals surface area contributed by atoms with Gasteiger partial charge in [-0.1, -0.05) is 76.7 Å². The van der Waals surface area contributed by atoms with Gasteiger partial charge in [0, 0.05) is 77.6 Å². The maximum Gasteiger partial charge on any atom is 0.305 e. The van der Waals surface area contributed by atoms with Crippen molar-refractivity contribution >= 4 is 0 Å². The molecule has 11 heteroatoms. The molecule has 0 amide bonds. The molecule has 0 spiro atoms. The zero-order chi connectivity index (χ0) is 57.3. The molecule has 8 heterocycles. The van der Waals surface area contributed by atoms with Crippen molar-refractivity contribution in [3.8, 4) is 45.6 Å². The molecule has 4 bridgehead atoms. The Labute approximate surface area is 481 Å². The number of hydrogen-bond donors (Lipinski definition) is 3. The molecule has 8 aromatic heterocycles. The van der Waals surface area contributed by atoms with Gasteiger partial charge in [-0.05, 0) is 116 Å². The number of nitrogens with zero attached hydrogens (tertiary/aromatic N) is 8. The highest BCUT2D eigenvalue weighted by Crippen LogP contribution is 2.69. The lowest BCUT2D eigenvalue weighted by Gasteiger charge is -2.33. The summed E-state index contributed by atoms with van der Waals surface area (Å²) in [5.74, 6) is 2.70. The number of aryl methyl sites for hydroxylation is 10. The average molecular weight is 1080 g/mol. The van der Waals surface area contributed by atoms with Gasteiger partial charge in [-0.2, -0.15) is 38.1 Å². The lowest BCUT2D eigenvalue weighted by Crippen LogP contribution is -2.41. The molecule has 8 aromatic rings. The Morgan fingerprint density at radius 2 is 0.863 bits per heavy atom. The zero-order valence-electron chi connectivity index (χ0n) is 52.0. The van der Waals surface area contributed by atoms with E-state index in [1.807, 2.05) is 17.8 Å². The first kappa shape index (κ1) is 59.5. The number of H-pyrrole nitrogens is 3. The van der Waals surface area contributed by atoms with Crippen LogP contribution in [-0.2, 0) is 80.1 Å². The Balaban J connectivity index is 0.000000142. The molecule has 3 N–H and O–H groups in total. The van der Waals surface area contributed by atoms with Crippen LogP contribution < -0.4 is 36.9 Å². The van der Waals surface area contributed by atoms with Gasteiger partial charge in [-0.15, -0.1) is 14.0 Å². The van der Waals surface area contributed by atoms with E-state index in [1.165, 1.54) is 105 Å². The van der Waals surface area contributed by atoms with Crippen LogP contribution in [0.25, 0.3) is 45.6 Å². The second-order valence-corrected chi connectivity index (χ2v) is 26.6. The smallest absolute Gasteiger partial charge is 0.196 e. The molecule has 0 aromatic carbocycles. The molecular formula is C69H101N11+8.